The summed E-state index contributed by atoms with van der Waals surface area (Å²) in [4.78, 5) is 13.7. The highest BCUT2D eigenvalue weighted by Crippen LogP contribution is 2.21. The van der Waals surface area contributed by atoms with Gasteiger partial charge < -0.3 is 15.4 Å². The van der Waals surface area contributed by atoms with E-state index in [1.807, 2.05) is 0 Å². The third-order valence-corrected chi connectivity index (χ3v) is 5.35. The maximum atomic E-state index is 12.6. The van der Waals surface area contributed by atoms with Crippen LogP contribution in [-0.4, -0.2) is 71.7 Å². The molecule has 1 fully saturated rings. The number of nitrogens with one attached hydrogen (secondary N) is 1. The summed E-state index contributed by atoms with van der Waals surface area (Å²) in [7, 11) is -3.68. The maximum absolute atomic E-state index is 12.6. The van der Waals surface area contributed by atoms with E-state index in [-0.39, 0.29) is 31.1 Å². The maximum Gasteiger partial charge on any atom is 0.410 e. The predicted molar refractivity (Wildman–Crippen MR) is 83.1 cm³/mol. The molecule has 0 aliphatic carbocycles. The SMILES string of the molecule is CC(C)(C)OC(=O)N1CCN(S(=O)(=O)c2cn[nH]c2)C(CN)C1. The molecule has 1 aliphatic heterocycles. The molecule has 2 rings (SSSR count). The molecule has 1 aliphatic rings. The number of sulfonamides is 1. The van der Waals surface area contributed by atoms with Crippen molar-refractivity contribution in [1.29, 1.82) is 0 Å². The van der Waals surface area contributed by atoms with Crippen LogP contribution in [0.1, 0.15) is 20.8 Å². The number of amides is 1. The minimum atomic E-state index is -3.68. The smallest absolute Gasteiger partial charge is 0.410 e. The molecule has 130 valence electrons. The van der Waals surface area contributed by atoms with Crippen LogP contribution in [-0.2, 0) is 14.8 Å². The van der Waals surface area contributed by atoms with Gasteiger partial charge in [-0.2, -0.15) is 9.40 Å². The Hall–Kier alpha value is -1.65. The molecule has 3 N–H and O–H groups in total. The highest BCUT2D eigenvalue weighted by Gasteiger charge is 2.38. The van der Waals surface area contributed by atoms with E-state index < -0.39 is 27.8 Å². The van der Waals surface area contributed by atoms with Crippen LogP contribution in [0, 0.1) is 0 Å². The standard InChI is InChI=1S/C13H23N5O4S/c1-13(2,3)22-12(19)17-4-5-18(10(6-14)9-17)23(20,21)11-7-15-16-8-11/h7-8,10H,4-6,9,14H2,1-3H3,(H,15,16). The van der Waals surface area contributed by atoms with Crippen molar-refractivity contribution >= 4 is 16.1 Å². The normalized spacial score (nSPS) is 20.5. The lowest BCUT2D eigenvalue weighted by molar-refractivity contribution is 0.0138. The first-order valence-electron chi connectivity index (χ1n) is 7.34. The third kappa shape index (κ3) is 4.01. The first-order valence-corrected chi connectivity index (χ1v) is 8.78. The van der Waals surface area contributed by atoms with Crippen LogP contribution in [0.2, 0.25) is 0 Å². The number of rotatable bonds is 3. The fourth-order valence-electron chi connectivity index (χ4n) is 2.35. The van der Waals surface area contributed by atoms with Gasteiger partial charge in [0.25, 0.3) is 0 Å². The van der Waals surface area contributed by atoms with Gasteiger partial charge in [-0.25, -0.2) is 13.2 Å². The van der Waals surface area contributed by atoms with Gasteiger partial charge >= 0.3 is 6.09 Å². The van der Waals surface area contributed by atoms with Gasteiger partial charge in [0.05, 0.1) is 12.2 Å². The van der Waals surface area contributed by atoms with E-state index in [2.05, 4.69) is 10.2 Å². The molecule has 1 unspecified atom stereocenters. The number of H-pyrrole nitrogens is 1. The highest BCUT2D eigenvalue weighted by atomic mass is 32.2. The van der Waals surface area contributed by atoms with Crippen molar-refractivity contribution < 1.29 is 17.9 Å². The number of hydrogen-bond donors (Lipinski definition) is 2. The third-order valence-electron chi connectivity index (χ3n) is 3.43. The molecule has 1 aromatic rings. The van der Waals surface area contributed by atoms with Crippen LogP contribution in [0.5, 0.6) is 0 Å². The Morgan fingerprint density at radius 3 is 2.70 bits per heavy atom. The molecule has 1 amide bonds. The predicted octanol–water partition coefficient (Wildman–Crippen LogP) is -0.0216. The van der Waals surface area contributed by atoms with Crippen molar-refractivity contribution in [2.45, 2.75) is 37.3 Å². The van der Waals surface area contributed by atoms with Gasteiger partial charge in [-0.1, -0.05) is 0 Å². The summed E-state index contributed by atoms with van der Waals surface area (Å²) in [6, 6.07) is -0.504. The van der Waals surface area contributed by atoms with Crippen molar-refractivity contribution in [3.05, 3.63) is 12.4 Å². The van der Waals surface area contributed by atoms with E-state index in [0.29, 0.717) is 0 Å². The highest BCUT2D eigenvalue weighted by molar-refractivity contribution is 7.89. The summed E-state index contributed by atoms with van der Waals surface area (Å²) in [6.07, 6.45) is 2.11. The Kier molecular flexibility index (Phi) is 4.97. The molecule has 23 heavy (non-hydrogen) atoms. The Balaban J connectivity index is 2.12. The monoisotopic (exact) mass is 345 g/mol. The average Bonchev–Trinajstić information content (AvgIpc) is 2.99. The Morgan fingerprint density at radius 2 is 2.17 bits per heavy atom. The molecule has 1 atom stereocenters. The van der Waals surface area contributed by atoms with Crippen molar-refractivity contribution in [2.24, 2.45) is 5.73 Å². The van der Waals surface area contributed by atoms with E-state index in [4.69, 9.17) is 10.5 Å². The van der Waals surface area contributed by atoms with Gasteiger partial charge in [0.2, 0.25) is 10.0 Å². The van der Waals surface area contributed by atoms with Gasteiger partial charge in [-0.3, -0.25) is 5.10 Å². The number of nitrogens with zero attached hydrogens (tertiary/aromatic N) is 3. The second-order valence-electron chi connectivity index (χ2n) is 6.37. The summed E-state index contributed by atoms with van der Waals surface area (Å²) < 4.78 is 31.8. The molecule has 0 spiro atoms. The topological polar surface area (TPSA) is 122 Å². The number of nitrogens with two attached hydrogens (primary N) is 1. The zero-order valence-corrected chi connectivity index (χ0v) is 14.3. The number of hydrogen-bond acceptors (Lipinski definition) is 6. The van der Waals surface area contributed by atoms with Crippen LogP contribution < -0.4 is 5.73 Å². The lowest BCUT2D eigenvalue weighted by atomic mass is 10.2. The molecular formula is C13H23N5O4S. The largest absolute Gasteiger partial charge is 0.444 e. The molecular weight excluding hydrogens is 322 g/mol. The van der Waals surface area contributed by atoms with Crippen molar-refractivity contribution in [2.75, 3.05) is 26.2 Å². The number of carbonyl (C=O) groups is 1. The van der Waals surface area contributed by atoms with E-state index in [0.717, 1.165) is 0 Å². The first-order chi connectivity index (χ1) is 10.6. The van der Waals surface area contributed by atoms with E-state index in [9.17, 15) is 13.2 Å². The van der Waals surface area contributed by atoms with Crippen LogP contribution in [0.3, 0.4) is 0 Å². The Bertz CT molecular complexity index is 638. The Labute approximate surface area is 135 Å². The van der Waals surface area contributed by atoms with Crippen LogP contribution >= 0.6 is 0 Å². The van der Waals surface area contributed by atoms with Crippen LogP contribution in [0.25, 0.3) is 0 Å². The van der Waals surface area contributed by atoms with Crippen LogP contribution in [0.15, 0.2) is 17.3 Å². The van der Waals surface area contributed by atoms with E-state index >= 15 is 0 Å². The minimum Gasteiger partial charge on any atom is -0.444 e. The zero-order chi connectivity index (χ0) is 17.3. The van der Waals surface area contributed by atoms with E-state index in [1.54, 1.807) is 20.8 Å². The summed E-state index contributed by atoms with van der Waals surface area (Å²) >= 11 is 0. The first kappa shape index (κ1) is 17.7. The quantitative estimate of drug-likeness (QED) is 0.794. The van der Waals surface area contributed by atoms with Gasteiger partial charge in [-0.15, -0.1) is 0 Å². The van der Waals surface area contributed by atoms with Crippen molar-refractivity contribution in [3.63, 3.8) is 0 Å². The van der Waals surface area contributed by atoms with Gasteiger partial charge in [0, 0.05) is 32.4 Å². The molecule has 1 saturated heterocycles. The molecule has 1 aromatic heterocycles. The molecule has 0 aromatic carbocycles. The van der Waals surface area contributed by atoms with Crippen molar-refractivity contribution in [1.82, 2.24) is 19.4 Å². The van der Waals surface area contributed by atoms with Gasteiger partial charge in [-0.05, 0) is 20.8 Å². The molecule has 0 saturated carbocycles. The lowest BCUT2D eigenvalue weighted by Crippen LogP contribution is -2.59. The number of aromatic amines is 1. The lowest BCUT2D eigenvalue weighted by Gasteiger charge is -2.40. The molecule has 0 radical (unpaired) electrons. The second kappa shape index (κ2) is 6.46. The van der Waals surface area contributed by atoms with E-state index in [1.165, 1.54) is 21.6 Å². The molecule has 10 heteroatoms. The number of carbonyl (C=O) groups excluding carboxylic acids is 1. The van der Waals surface area contributed by atoms with Crippen molar-refractivity contribution in [3.8, 4) is 0 Å². The summed E-state index contributed by atoms with van der Waals surface area (Å²) in [5.41, 5.74) is 5.12. The zero-order valence-electron chi connectivity index (χ0n) is 13.5. The summed E-state index contributed by atoms with van der Waals surface area (Å²) in [5, 5.41) is 6.16. The second-order valence-corrected chi connectivity index (χ2v) is 8.26. The minimum absolute atomic E-state index is 0.0849. The van der Waals surface area contributed by atoms with Crippen LogP contribution in [0.4, 0.5) is 4.79 Å². The fourth-order valence-corrected chi connectivity index (χ4v) is 3.88. The van der Waals surface area contributed by atoms with Gasteiger partial charge in [0.1, 0.15) is 10.5 Å². The average molecular weight is 345 g/mol. The molecule has 9 nitrogen and oxygen atoms in total. The van der Waals surface area contributed by atoms with Gasteiger partial charge in [0.15, 0.2) is 0 Å². The number of piperazine rings is 1. The summed E-state index contributed by atoms with van der Waals surface area (Å²) in [5.74, 6) is 0. The Morgan fingerprint density at radius 1 is 1.48 bits per heavy atom. The number of aromatic nitrogens is 2. The summed E-state index contributed by atoms with van der Waals surface area (Å²) in [6.45, 7) is 6.07. The molecule has 2 heterocycles. The fraction of sp³-hybridized carbons (Fsp3) is 0.692. The number of ether oxygens (including phenoxy) is 1. The molecule has 0 bridgehead atoms.